The first-order chi connectivity index (χ1) is 12.3. The smallest absolute Gasteiger partial charge is 0.324 e. The van der Waals surface area contributed by atoms with E-state index in [0.29, 0.717) is 5.75 Å². The van der Waals surface area contributed by atoms with Crippen LogP contribution >= 0.6 is 0 Å². The molecule has 0 heterocycles. The summed E-state index contributed by atoms with van der Waals surface area (Å²) < 4.78 is 37.9. The Bertz CT molecular complexity index is 817. The van der Waals surface area contributed by atoms with Crippen molar-refractivity contribution in [1.82, 2.24) is 4.72 Å². The summed E-state index contributed by atoms with van der Waals surface area (Å²) in [5, 5.41) is 0. The Hall–Kier alpha value is -2.38. The molecule has 0 radical (unpaired) electrons. The van der Waals surface area contributed by atoms with E-state index >= 15 is 0 Å². The molecule has 0 aliphatic heterocycles. The number of hydrogen-bond donors (Lipinski definition) is 1. The molecular formula is C19H23NO5S. The zero-order valence-corrected chi connectivity index (χ0v) is 15.8. The minimum absolute atomic E-state index is 0.0554. The Kier molecular flexibility index (Phi) is 6.76. The van der Waals surface area contributed by atoms with Gasteiger partial charge >= 0.3 is 5.97 Å². The van der Waals surface area contributed by atoms with Crippen LogP contribution < -0.4 is 9.46 Å². The van der Waals surface area contributed by atoms with Gasteiger partial charge in [0.15, 0.2) is 0 Å². The van der Waals surface area contributed by atoms with Gasteiger partial charge < -0.3 is 9.47 Å². The molecule has 0 bridgehead atoms. The normalized spacial score (nSPS) is 12.6. The fraction of sp³-hybridized carbons (Fsp3) is 0.316. The monoisotopic (exact) mass is 377 g/mol. The average molecular weight is 377 g/mol. The maximum absolute atomic E-state index is 12.6. The number of methoxy groups -OCH3 is 1. The summed E-state index contributed by atoms with van der Waals surface area (Å²) in [4.78, 5) is 12.5. The van der Waals surface area contributed by atoms with E-state index in [1.165, 1.54) is 19.2 Å². The Morgan fingerprint density at radius 3 is 2.19 bits per heavy atom. The number of nitrogens with one attached hydrogen (secondary N) is 1. The number of sulfonamides is 1. The number of carbonyl (C=O) groups excluding carboxylic acids is 1. The van der Waals surface area contributed by atoms with Crippen molar-refractivity contribution in [2.75, 3.05) is 7.11 Å². The summed E-state index contributed by atoms with van der Waals surface area (Å²) in [5.74, 6) is -0.334. The second-order valence-corrected chi connectivity index (χ2v) is 7.83. The molecule has 1 atom stereocenters. The van der Waals surface area contributed by atoms with Gasteiger partial charge in [0, 0.05) is 0 Å². The predicted octanol–water partition coefficient (Wildman–Crippen LogP) is 2.74. The van der Waals surface area contributed by atoms with Crippen LogP contribution in [-0.2, 0) is 26.2 Å². The first kappa shape index (κ1) is 19.9. The molecule has 0 saturated heterocycles. The highest BCUT2D eigenvalue weighted by atomic mass is 32.2. The topological polar surface area (TPSA) is 81.7 Å². The quantitative estimate of drug-likeness (QED) is 0.716. The Labute approximate surface area is 154 Å². The van der Waals surface area contributed by atoms with Crippen molar-refractivity contribution in [3.63, 3.8) is 0 Å². The van der Waals surface area contributed by atoms with E-state index < -0.39 is 22.0 Å². The molecule has 0 unspecified atom stereocenters. The fourth-order valence-electron chi connectivity index (χ4n) is 2.26. The zero-order chi connectivity index (χ0) is 19.2. The van der Waals surface area contributed by atoms with Crippen molar-refractivity contribution in [2.24, 2.45) is 5.92 Å². The van der Waals surface area contributed by atoms with E-state index in [1.54, 1.807) is 26.0 Å². The molecule has 0 aromatic heterocycles. The molecule has 1 N–H and O–H groups in total. The number of ether oxygens (including phenoxy) is 2. The third-order valence-electron chi connectivity index (χ3n) is 3.80. The molecule has 0 aliphatic rings. The summed E-state index contributed by atoms with van der Waals surface area (Å²) in [6.45, 7) is 3.60. The van der Waals surface area contributed by atoms with Gasteiger partial charge in [0.1, 0.15) is 18.4 Å². The van der Waals surface area contributed by atoms with Gasteiger partial charge in [0.25, 0.3) is 0 Å². The highest BCUT2D eigenvalue weighted by molar-refractivity contribution is 7.89. The summed E-state index contributed by atoms with van der Waals surface area (Å²) >= 11 is 0. The predicted molar refractivity (Wildman–Crippen MR) is 98.2 cm³/mol. The van der Waals surface area contributed by atoms with Crippen molar-refractivity contribution in [1.29, 1.82) is 0 Å². The Morgan fingerprint density at radius 1 is 1.04 bits per heavy atom. The highest BCUT2D eigenvalue weighted by Gasteiger charge is 2.29. The van der Waals surface area contributed by atoms with Crippen LogP contribution in [0.1, 0.15) is 19.4 Å². The molecule has 26 heavy (non-hydrogen) atoms. The molecule has 0 spiro atoms. The molecule has 6 nitrogen and oxygen atoms in total. The molecule has 2 rings (SSSR count). The van der Waals surface area contributed by atoms with Crippen LogP contribution in [0, 0.1) is 5.92 Å². The Balaban J connectivity index is 2.09. The minimum Gasteiger partial charge on any atom is -0.497 e. The highest BCUT2D eigenvalue weighted by Crippen LogP contribution is 2.17. The minimum atomic E-state index is -3.86. The van der Waals surface area contributed by atoms with Crippen LogP contribution in [0.15, 0.2) is 59.5 Å². The van der Waals surface area contributed by atoms with Gasteiger partial charge in [-0.05, 0) is 35.7 Å². The van der Waals surface area contributed by atoms with Crippen LogP contribution in [0.4, 0.5) is 0 Å². The fourth-order valence-corrected chi connectivity index (χ4v) is 3.60. The van der Waals surface area contributed by atoms with Gasteiger partial charge in [-0.25, -0.2) is 8.42 Å². The largest absolute Gasteiger partial charge is 0.497 e. The zero-order valence-electron chi connectivity index (χ0n) is 15.0. The lowest BCUT2D eigenvalue weighted by atomic mass is 10.1. The number of hydrogen-bond acceptors (Lipinski definition) is 5. The van der Waals surface area contributed by atoms with E-state index in [2.05, 4.69) is 4.72 Å². The third-order valence-corrected chi connectivity index (χ3v) is 5.25. The Morgan fingerprint density at radius 2 is 1.65 bits per heavy atom. The van der Waals surface area contributed by atoms with Crippen LogP contribution in [-0.4, -0.2) is 27.5 Å². The van der Waals surface area contributed by atoms with Crippen molar-refractivity contribution in [2.45, 2.75) is 31.4 Å². The van der Waals surface area contributed by atoms with E-state index in [4.69, 9.17) is 9.47 Å². The summed E-state index contributed by atoms with van der Waals surface area (Å²) in [6, 6.07) is 14.2. The van der Waals surface area contributed by atoms with Gasteiger partial charge in [-0.3, -0.25) is 4.79 Å². The molecule has 2 aromatic carbocycles. The summed E-state index contributed by atoms with van der Waals surface area (Å²) in [6.07, 6.45) is 0. The van der Waals surface area contributed by atoms with Gasteiger partial charge in [0.05, 0.1) is 12.0 Å². The summed E-state index contributed by atoms with van der Waals surface area (Å²) in [5.41, 5.74) is 0.835. The lowest BCUT2D eigenvalue weighted by Gasteiger charge is -2.21. The SMILES string of the molecule is COc1ccc(S(=O)(=O)N[C@H](C(=O)OCc2ccccc2)C(C)C)cc1. The van der Waals surface area contributed by atoms with Crippen LogP contribution in [0.25, 0.3) is 0 Å². The van der Waals surface area contributed by atoms with E-state index in [0.717, 1.165) is 5.56 Å². The van der Waals surface area contributed by atoms with Gasteiger partial charge in [-0.1, -0.05) is 44.2 Å². The number of esters is 1. The third kappa shape index (κ3) is 5.31. The molecule has 0 fully saturated rings. The van der Waals surface area contributed by atoms with E-state index in [-0.39, 0.29) is 17.4 Å². The van der Waals surface area contributed by atoms with Crippen molar-refractivity contribution in [3.05, 3.63) is 60.2 Å². The van der Waals surface area contributed by atoms with Gasteiger partial charge in [0.2, 0.25) is 10.0 Å². The summed E-state index contributed by atoms with van der Waals surface area (Å²) in [7, 11) is -2.36. The standard InChI is InChI=1S/C19H23NO5S/c1-14(2)18(19(21)25-13-15-7-5-4-6-8-15)20-26(22,23)17-11-9-16(24-3)10-12-17/h4-12,14,18,20H,13H2,1-3H3/t18-/m0/s1. The molecule has 0 saturated carbocycles. The van der Waals surface area contributed by atoms with Crippen molar-refractivity contribution in [3.8, 4) is 5.75 Å². The maximum Gasteiger partial charge on any atom is 0.324 e. The number of rotatable bonds is 8. The van der Waals surface area contributed by atoms with Gasteiger partial charge in [-0.2, -0.15) is 4.72 Å². The molecular weight excluding hydrogens is 354 g/mol. The first-order valence-electron chi connectivity index (χ1n) is 8.20. The lowest BCUT2D eigenvalue weighted by Crippen LogP contribution is -2.45. The lowest BCUT2D eigenvalue weighted by molar-refractivity contribution is -0.148. The number of benzene rings is 2. The van der Waals surface area contributed by atoms with Crippen molar-refractivity contribution >= 4 is 16.0 Å². The van der Waals surface area contributed by atoms with Crippen molar-refractivity contribution < 1.29 is 22.7 Å². The van der Waals surface area contributed by atoms with Crippen LogP contribution in [0.5, 0.6) is 5.75 Å². The first-order valence-corrected chi connectivity index (χ1v) is 9.69. The van der Waals surface area contributed by atoms with E-state index in [1.807, 2.05) is 30.3 Å². The molecule has 7 heteroatoms. The average Bonchev–Trinajstić information content (AvgIpc) is 2.65. The molecule has 2 aromatic rings. The second-order valence-electron chi connectivity index (χ2n) is 6.11. The number of carbonyl (C=O) groups is 1. The second kappa shape index (κ2) is 8.82. The maximum atomic E-state index is 12.6. The molecule has 140 valence electrons. The molecule has 0 amide bonds. The van der Waals surface area contributed by atoms with E-state index in [9.17, 15) is 13.2 Å². The van der Waals surface area contributed by atoms with Gasteiger partial charge in [-0.15, -0.1) is 0 Å². The van der Waals surface area contributed by atoms with Crippen LogP contribution in [0.3, 0.4) is 0 Å². The molecule has 0 aliphatic carbocycles. The van der Waals surface area contributed by atoms with Crippen LogP contribution in [0.2, 0.25) is 0 Å².